The Hall–Kier alpha value is -2.30. The summed E-state index contributed by atoms with van der Waals surface area (Å²) < 4.78 is 6.75. The molecule has 0 spiro atoms. The van der Waals surface area contributed by atoms with Crippen molar-refractivity contribution in [2.45, 2.75) is 6.54 Å². The molecule has 0 bridgehead atoms. The number of nitrogens with zero attached hydrogens (tertiary/aromatic N) is 2. The number of hydrogen-bond donors (Lipinski definition) is 0. The van der Waals surface area contributed by atoms with E-state index < -0.39 is 0 Å². The lowest BCUT2D eigenvalue weighted by atomic mass is 10.1. The molecule has 1 aromatic heterocycles. The van der Waals surface area contributed by atoms with Crippen molar-refractivity contribution in [2.75, 3.05) is 7.11 Å². The van der Waals surface area contributed by atoms with Crippen molar-refractivity contribution in [1.29, 1.82) is 0 Å². The maximum Gasteiger partial charge on any atom is 0.212 e. The van der Waals surface area contributed by atoms with E-state index in [0.29, 0.717) is 23.6 Å². The molecule has 0 saturated carbocycles. The van der Waals surface area contributed by atoms with Crippen molar-refractivity contribution in [3.63, 3.8) is 0 Å². The van der Waals surface area contributed by atoms with E-state index in [2.05, 4.69) is 5.10 Å². The topological polar surface area (TPSA) is 44.1 Å². The van der Waals surface area contributed by atoms with Gasteiger partial charge in [-0.1, -0.05) is 53.5 Å². The van der Waals surface area contributed by atoms with Gasteiger partial charge in [0.1, 0.15) is 16.5 Å². The van der Waals surface area contributed by atoms with Gasteiger partial charge in [-0.25, -0.2) is 0 Å². The van der Waals surface area contributed by atoms with Gasteiger partial charge in [-0.3, -0.25) is 9.48 Å². The maximum atomic E-state index is 12.8. The van der Waals surface area contributed by atoms with Gasteiger partial charge in [-0.2, -0.15) is 5.10 Å². The van der Waals surface area contributed by atoms with Gasteiger partial charge in [0.25, 0.3) is 0 Å². The van der Waals surface area contributed by atoms with Crippen LogP contribution < -0.4 is 4.74 Å². The van der Waals surface area contributed by atoms with Crippen LogP contribution in [0.15, 0.2) is 54.7 Å². The maximum absolute atomic E-state index is 12.8. The van der Waals surface area contributed by atoms with E-state index in [1.807, 2.05) is 30.3 Å². The first-order valence-corrected chi connectivity index (χ1v) is 8.00. The van der Waals surface area contributed by atoms with E-state index >= 15 is 0 Å². The Morgan fingerprint density at radius 1 is 1.08 bits per heavy atom. The molecule has 1 heterocycles. The van der Waals surface area contributed by atoms with Crippen LogP contribution in [0, 0.1) is 0 Å². The van der Waals surface area contributed by atoms with Crippen LogP contribution in [0.1, 0.15) is 21.6 Å². The summed E-state index contributed by atoms with van der Waals surface area (Å²) in [5.41, 5.74) is 1.81. The zero-order valence-electron chi connectivity index (χ0n) is 12.9. The van der Waals surface area contributed by atoms with Crippen molar-refractivity contribution < 1.29 is 9.53 Å². The van der Waals surface area contributed by atoms with Crippen molar-refractivity contribution >= 4 is 29.0 Å². The molecule has 0 fully saturated rings. The van der Waals surface area contributed by atoms with Gasteiger partial charge < -0.3 is 4.74 Å². The second-order valence-electron chi connectivity index (χ2n) is 5.13. The number of ketones is 1. The summed E-state index contributed by atoms with van der Waals surface area (Å²) in [4.78, 5) is 12.8. The van der Waals surface area contributed by atoms with Crippen LogP contribution in [0.3, 0.4) is 0 Å². The highest BCUT2D eigenvalue weighted by Gasteiger charge is 2.20. The molecule has 2 aromatic carbocycles. The smallest absolute Gasteiger partial charge is 0.212 e. The molecule has 24 heavy (non-hydrogen) atoms. The van der Waals surface area contributed by atoms with Crippen LogP contribution in [0.25, 0.3) is 0 Å². The molecule has 0 aliphatic rings. The largest absolute Gasteiger partial charge is 0.495 e. The lowest BCUT2D eigenvalue weighted by Crippen LogP contribution is -2.13. The minimum absolute atomic E-state index is 0.175. The molecule has 0 aliphatic heterocycles. The lowest BCUT2D eigenvalue weighted by molar-refractivity contribution is 0.102. The van der Waals surface area contributed by atoms with Gasteiger partial charge >= 0.3 is 0 Å². The predicted octanol–water partition coefficient (Wildman–Crippen LogP) is 4.48. The number of methoxy groups -OCH3 is 1. The van der Waals surface area contributed by atoms with E-state index in [1.54, 1.807) is 29.1 Å². The molecule has 0 aliphatic carbocycles. The summed E-state index contributed by atoms with van der Waals surface area (Å²) in [6, 6.07) is 14.7. The van der Waals surface area contributed by atoms with Crippen molar-refractivity contribution in [3.05, 3.63) is 81.6 Å². The third-order valence-corrected chi connectivity index (χ3v) is 4.50. The zero-order chi connectivity index (χ0) is 17.1. The van der Waals surface area contributed by atoms with Gasteiger partial charge in [0, 0.05) is 11.8 Å². The molecule has 0 radical (unpaired) electrons. The Morgan fingerprint density at radius 3 is 2.54 bits per heavy atom. The molecule has 0 unspecified atom stereocenters. The number of carbonyl (C=O) groups is 1. The second kappa shape index (κ2) is 7.07. The van der Waals surface area contributed by atoms with E-state index in [4.69, 9.17) is 27.9 Å². The Bertz CT molecular complexity index is 876. The molecule has 122 valence electrons. The molecule has 0 N–H and O–H groups in total. The minimum atomic E-state index is -0.238. The van der Waals surface area contributed by atoms with E-state index in [-0.39, 0.29) is 15.8 Å². The number of carbonyl (C=O) groups excluding carboxylic acids is 1. The second-order valence-corrected chi connectivity index (χ2v) is 5.89. The van der Waals surface area contributed by atoms with Gasteiger partial charge in [0.15, 0.2) is 0 Å². The summed E-state index contributed by atoms with van der Waals surface area (Å²) >= 11 is 12.4. The van der Waals surface area contributed by atoms with Gasteiger partial charge in [0.2, 0.25) is 5.78 Å². The van der Waals surface area contributed by atoms with Crippen LogP contribution in [0.4, 0.5) is 0 Å². The first-order chi connectivity index (χ1) is 11.6. The highest BCUT2D eigenvalue weighted by molar-refractivity contribution is 6.45. The number of benzene rings is 2. The molecular formula is C18H14Cl2N2O2. The molecule has 0 amide bonds. The van der Waals surface area contributed by atoms with E-state index in [0.717, 1.165) is 5.56 Å². The van der Waals surface area contributed by atoms with E-state index in [9.17, 15) is 4.79 Å². The fraction of sp³-hybridized carbons (Fsp3) is 0.111. The first kappa shape index (κ1) is 16.6. The third kappa shape index (κ3) is 3.16. The minimum Gasteiger partial charge on any atom is -0.495 e. The van der Waals surface area contributed by atoms with Gasteiger partial charge in [-0.05, 0) is 23.8 Å². The Kier molecular flexibility index (Phi) is 4.88. The SMILES string of the molecule is COc1ccc(C(=O)c2ccnn2Cc2ccccc2)c(Cl)c1Cl. The van der Waals surface area contributed by atoms with Crippen molar-refractivity contribution in [1.82, 2.24) is 9.78 Å². The van der Waals surface area contributed by atoms with Crippen molar-refractivity contribution in [3.8, 4) is 5.75 Å². The monoisotopic (exact) mass is 360 g/mol. The van der Waals surface area contributed by atoms with Crippen LogP contribution in [0.5, 0.6) is 5.75 Å². The average molecular weight is 361 g/mol. The number of ether oxygens (including phenoxy) is 1. The molecule has 0 saturated heterocycles. The quantitative estimate of drug-likeness (QED) is 0.630. The zero-order valence-corrected chi connectivity index (χ0v) is 14.4. The summed E-state index contributed by atoms with van der Waals surface area (Å²) in [6.07, 6.45) is 1.59. The standard InChI is InChI=1S/C18H14Cl2N2O2/c1-24-15-8-7-13(16(19)17(15)20)18(23)14-9-10-21-22(14)11-12-5-3-2-4-6-12/h2-10H,11H2,1H3. The molecular weight excluding hydrogens is 347 g/mol. The fourth-order valence-corrected chi connectivity index (χ4v) is 2.89. The average Bonchev–Trinajstić information content (AvgIpc) is 3.06. The van der Waals surface area contributed by atoms with Crippen molar-refractivity contribution in [2.24, 2.45) is 0 Å². The summed E-state index contributed by atoms with van der Waals surface area (Å²) in [6.45, 7) is 0.496. The number of hydrogen-bond acceptors (Lipinski definition) is 3. The highest BCUT2D eigenvalue weighted by Crippen LogP contribution is 2.35. The normalized spacial score (nSPS) is 10.6. The Balaban J connectivity index is 1.95. The first-order valence-electron chi connectivity index (χ1n) is 7.24. The van der Waals surface area contributed by atoms with Crippen LogP contribution in [-0.2, 0) is 6.54 Å². The molecule has 4 nitrogen and oxygen atoms in total. The van der Waals surface area contributed by atoms with Gasteiger partial charge in [-0.15, -0.1) is 0 Å². The highest BCUT2D eigenvalue weighted by atomic mass is 35.5. The molecule has 3 rings (SSSR count). The van der Waals surface area contributed by atoms with Gasteiger partial charge in [0.05, 0.1) is 18.7 Å². The fourth-order valence-electron chi connectivity index (χ4n) is 2.41. The number of halogens is 2. The van der Waals surface area contributed by atoms with E-state index in [1.165, 1.54) is 7.11 Å². The summed E-state index contributed by atoms with van der Waals surface area (Å²) in [7, 11) is 1.49. The van der Waals surface area contributed by atoms with Crippen LogP contribution >= 0.6 is 23.2 Å². The van der Waals surface area contributed by atoms with Crippen LogP contribution in [-0.4, -0.2) is 22.7 Å². The number of rotatable bonds is 5. The molecule has 0 atom stereocenters. The summed E-state index contributed by atoms with van der Waals surface area (Å²) in [5, 5.41) is 4.63. The molecule has 3 aromatic rings. The third-order valence-electron chi connectivity index (χ3n) is 3.64. The Labute approximate surface area is 149 Å². The predicted molar refractivity (Wildman–Crippen MR) is 94.2 cm³/mol. The van der Waals surface area contributed by atoms with Crippen LogP contribution in [0.2, 0.25) is 10.0 Å². The Morgan fingerprint density at radius 2 is 1.83 bits per heavy atom. The lowest BCUT2D eigenvalue weighted by Gasteiger charge is -2.10. The number of aromatic nitrogens is 2. The molecule has 6 heteroatoms. The summed E-state index contributed by atoms with van der Waals surface area (Å²) in [5.74, 6) is 0.189.